The number of likely N-dealkylation sites (tertiary alicyclic amines) is 1. The average molecular weight is 362 g/mol. The standard InChI is InChI=1S/C21H22N4O2/c1-24-14-22-12-20(24)18-8-3-7-17(23-18)19-9-4-10-25(19)13-15-5-2-6-16(11-15)21(26)27/h2-3,5-8,11-12,14,19H,4,9-10,13H2,1H3,(H,26,27)/t19-/m0/s1. The Balaban J connectivity index is 1.58. The van der Waals surface area contributed by atoms with Gasteiger partial charge in [0.05, 0.1) is 41.2 Å². The summed E-state index contributed by atoms with van der Waals surface area (Å²) in [5.74, 6) is -0.889. The molecule has 0 amide bonds. The smallest absolute Gasteiger partial charge is 0.335 e. The van der Waals surface area contributed by atoms with Crippen molar-refractivity contribution in [3.63, 3.8) is 0 Å². The van der Waals surface area contributed by atoms with E-state index in [-0.39, 0.29) is 6.04 Å². The summed E-state index contributed by atoms with van der Waals surface area (Å²) in [5, 5.41) is 9.21. The number of benzene rings is 1. The van der Waals surface area contributed by atoms with Crippen molar-refractivity contribution in [2.75, 3.05) is 6.54 Å². The zero-order valence-corrected chi connectivity index (χ0v) is 15.2. The maximum absolute atomic E-state index is 11.2. The third-order valence-electron chi connectivity index (χ3n) is 5.11. The van der Waals surface area contributed by atoms with Gasteiger partial charge in [0.15, 0.2) is 0 Å². The molecular formula is C21H22N4O2. The van der Waals surface area contributed by atoms with E-state index in [1.54, 1.807) is 18.5 Å². The van der Waals surface area contributed by atoms with Gasteiger partial charge in [-0.05, 0) is 49.2 Å². The van der Waals surface area contributed by atoms with E-state index in [4.69, 9.17) is 4.98 Å². The lowest BCUT2D eigenvalue weighted by atomic mass is 10.1. The molecule has 1 fully saturated rings. The van der Waals surface area contributed by atoms with Gasteiger partial charge in [0, 0.05) is 13.6 Å². The van der Waals surface area contributed by atoms with Crippen LogP contribution in [0.5, 0.6) is 0 Å². The van der Waals surface area contributed by atoms with Gasteiger partial charge in [0.25, 0.3) is 0 Å². The van der Waals surface area contributed by atoms with Crippen molar-refractivity contribution in [3.8, 4) is 11.4 Å². The van der Waals surface area contributed by atoms with Gasteiger partial charge >= 0.3 is 5.97 Å². The summed E-state index contributed by atoms with van der Waals surface area (Å²) in [6.07, 6.45) is 5.78. The molecule has 138 valence electrons. The summed E-state index contributed by atoms with van der Waals surface area (Å²) in [6.45, 7) is 1.71. The van der Waals surface area contributed by atoms with Gasteiger partial charge in [0.1, 0.15) is 0 Å². The lowest BCUT2D eigenvalue weighted by molar-refractivity contribution is 0.0696. The molecule has 1 aromatic carbocycles. The van der Waals surface area contributed by atoms with E-state index in [9.17, 15) is 9.90 Å². The van der Waals surface area contributed by atoms with Crippen LogP contribution in [0.4, 0.5) is 0 Å². The third kappa shape index (κ3) is 3.61. The number of carboxylic acids is 1. The number of aromatic nitrogens is 3. The Kier molecular flexibility index (Phi) is 4.73. The van der Waals surface area contributed by atoms with Crippen molar-refractivity contribution in [1.29, 1.82) is 0 Å². The number of pyridine rings is 1. The number of hydrogen-bond donors (Lipinski definition) is 1. The number of carbonyl (C=O) groups is 1. The highest BCUT2D eigenvalue weighted by molar-refractivity contribution is 5.87. The van der Waals surface area contributed by atoms with Crippen LogP contribution in [0.2, 0.25) is 0 Å². The molecule has 3 aromatic rings. The van der Waals surface area contributed by atoms with Crippen molar-refractivity contribution in [1.82, 2.24) is 19.4 Å². The van der Waals surface area contributed by atoms with Crippen LogP contribution >= 0.6 is 0 Å². The molecule has 0 radical (unpaired) electrons. The molecular weight excluding hydrogens is 340 g/mol. The van der Waals surface area contributed by atoms with Gasteiger partial charge in [-0.25, -0.2) is 14.8 Å². The van der Waals surface area contributed by atoms with Crippen LogP contribution in [0, 0.1) is 0 Å². The molecule has 0 aliphatic carbocycles. The second-order valence-corrected chi connectivity index (χ2v) is 6.97. The number of hydrogen-bond acceptors (Lipinski definition) is 4. The average Bonchev–Trinajstić information content (AvgIpc) is 3.31. The Morgan fingerprint density at radius 3 is 2.89 bits per heavy atom. The maximum atomic E-state index is 11.2. The molecule has 4 rings (SSSR count). The first kappa shape index (κ1) is 17.4. The number of carboxylic acid groups (broad SMARTS) is 1. The number of rotatable bonds is 5. The van der Waals surface area contributed by atoms with Gasteiger partial charge in [-0.3, -0.25) is 4.90 Å². The second kappa shape index (κ2) is 7.32. The van der Waals surface area contributed by atoms with Crippen LogP contribution in [-0.4, -0.2) is 37.1 Å². The zero-order valence-electron chi connectivity index (χ0n) is 15.2. The third-order valence-corrected chi connectivity index (χ3v) is 5.11. The Hall–Kier alpha value is -2.99. The highest BCUT2D eigenvalue weighted by Crippen LogP contribution is 2.33. The number of aromatic carboxylic acids is 1. The first-order valence-electron chi connectivity index (χ1n) is 9.12. The maximum Gasteiger partial charge on any atom is 0.335 e. The molecule has 1 saturated heterocycles. The molecule has 2 aromatic heterocycles. The molecule has 0 bridgehead atoms. The Bertz CT molecular complexity index is 966. The Labute approximate surface area is 158 Å². The first-order valence-corrected chi connectivity index (χ1v) is 9.12. The summed E-state index contributed by atoms with van der Waals surface area (Å²) in [5.41, 5.74) is 4.33. The lowest BCUT2D eigenvalue weighted by Crippen LogP contribution is -2.23. The van der Waals surface area contributed by atoms with Crippen LogP contribution in [-0.2, 0) is 13.6 Å². The zero-order chi connectivity index (χ0) is 18.8. The van der Waals surface area contributed by atoms with E-state index in [0.29, 0.717) is 5.56 Å². The van der Waals surface area contributed by atoms with Crippen molar-refractivity contribution in [2.24, 2.45) is 7.05 Å². The van der Waals surface area contributed by atoms with Crippen molar-refractivity contribution in [3.05, 3.63) is 71.8 Å². The second-order valence-electron chi connectivity index (χ2n) is 6.97. The summed E-state index contributed by atoms with van der Waals surface area (Å²) >= 11 is 0. The molecule has 1 atom stereocenters. The van der Waals surface area contributed by atoms with Crippen LogP contribution in [0.3, 0.4) is 0 Å². The monoisotopic (exact) mass is 362 g/mol. The topological polar surface area (TPSA) is 71.2 Å². The van der Waals surface area contributed by atoms with Crippen LogP contribution < -0.4 is 0 Å². The number of aryl methyl sites for hydroxylation is 1. The number of nitrogens with zero attached hydrogens (tertiary/aromatic N) is 4. The fourth-order valence-electron chi connectivity index (χ4n) is 3.77. The normalized spacial score (nSPS) is 17.3. The van der Waals surface area contributed by atoms with Crippen molar-refractivity contribution < 1.29 is 9.90 Å². The molecule has 6 nitrogen and oxygen atoms in total. The van der Waals surface area contributed by atoms with E-state index in [1.807, 2.05) is 42.1 Å². The van der Waals surface area contributed by atoms with E-state index >= 15 is 0 Å². The molecule has 0 saturated carbocycles. The van der Waals surface area contributed by atoms with Crippen LogP contribution in [0.1, 0.15) is 40.5 Å². The van der Waals surface area contributed by atoms with E-state index < -0.39 is 5.97 Å². The molecule has 0 spiro atoms. The van der Waals surface area contributed by atoms with Gasteiger partial charge in [-0.2, -0.15) is 0 Å². The quantitative estimate of drug-likeness (QED) is 0.752. The molecule has 0 unspecified atom stereocenters. The summed E-state index contributed by atoms with van der Waals surface area (Å²) in [4.78, 5) is 22.7. The van der Waals surface area contributed by atoms with E-state index in [1.165, 1.54) is 0 Å². The molecule has 1 N–H and O–H groups in total. The van der Waals surface area contributed by atoms with Crippen LogP contribution in [0.25, 0.3) is 11.4 Å². The molecule has 3 heterocycles. The number of imidazole rings is 1. The molecule has 1 aliphatic rings. The predicted molar refractivity (Wildman–Crippen MR) is 102 cm³/mol. The minimum absolute atomic E-state index is 0.242. The highest BCUT2D eigenvalue weighted by atomic mass is 16.4. The summed E-state index contributed by atoms with van der Waals surface area (Å²) in [6, 6.07) is 13.6. The van der Waals surface area contributed by atoms with Gasteiger partial charge in [-0.1, -0.05) is 18.2 Å². The fourth-order valence-corrected chi connectivity index (χ4v) is 3.77. The minimum atomic E-state index is -0.889. The molecule has 27 heavy (non-hydrogen) atoms. The van der Waals surface area contributed by atoms with Gasteiger partial charge < -0.3 is 9.67 Å². The lowest BCUT2D eigenvalue weighted by Gasteiger charge is -2.24. The highest BCUT2D eigenvalue weighted by Gasteiger charge is 2.27. The van der Waals surface area contributed by atoms with Crippen molar-refractivity contribution >= 4 is 5.97 Å². The minimum Gasteiger partial charge on any atom is -0.478 e. The molecule has 1 aliphatic heterocycles. The summed E-state index contributed by atoms with van der Waals surface area (Å²) < 4.78 is 1.97. The fraction of sp³-hybridized carbons (Fsp3) is 0.286. The van der Waals surface area contributed by atoms with Gasteiger partial charge in [0.2, 0.25) is 0 Å². The van der Waals surface area contributed by atoms with Crippen molar-refractivity contribution in [2.45, 2.75) is 25.4 Å². The Morgan fingerprint density at radius 2 is 2.11 bits per heavy atom. The SMILES string of the molecule is Cn1cncc1-c1cccc([C@@H]2CCCN2Cc2cccc(C(=O)O)c2)n1. The largest absolute Gasteiger partial charge is 0.478 e. The molecule has 6 heteroatoms. The Morgan fingerprint density at radius 1 is 1.26 bits per heavy atom. The predicted octanol–water partition coefficient (Wildman–Crippen LogP) is 3.52. The first-order chi connectivity index (χ1) is 13.1. The van der Waals surface area contributed by atoms with Crippen LogP contribution in [0.15, 0.2) is 55.0 Å². The van der Waals surface area contributed by atoms with Gasteiger partial charge in [-0.15, -0.1) is 0 Å². The summed E-state index contributed by atoms with van der Waals surface area (Å²) in [7, 11) is 1.97. The van der Waals surface area contributed by atoms with E-state index in [2.05, 4.69) is 16.0 Å². The van der Waals surface area contributed by atoms with E-state index in [0.717, 1.165) is 48.6 Å².